The molecule has 0 spiro atoms. The minimum Gasteiger partial charge on any atom is -0.504 e. The average molecular weight is 179 g/mol. The van der Waals surface area contributed by atoms with Crippen LogP contribution in [0.5, 0.6) is 5.75 Å². The van der Waals surface area contributed by atoms with Crippen molar-refractivity contribution in [1.29, 1.82) is 0 Å². The van der Waals surface area contributed by atoms with Crippen molar-refractivity contribution >= 4 is 11.9 Å². The van der Waals surface area contributed by atoms with Gasteiger partial charge in [0.1, 0.15) is 0 Å². The van der Waals surface area contributed by atoms with Gasteiger partial charge in [0.05, 0.1) is 0 Å². The van der Waals surface area contributed by atoms with Crippen molar-refractivity contribution in [2.75, 3.05) is 12.3 Å². The Hall–Kier alpha value is -1.55. The average Bonchev–Trinajstić information content (AvgIpc) is 2.12. The SMILES string of the molecule is NCCC=Cc1cnc(N)c(O)c1. The maximum atomic E-state index is 9.21. The van der Waals surface area contributed by atoms with Crippen LogP contribution < -0.4 is 11.5 Å². The Morgan fingerprint density at radius 3 is 2.92 bits per heavy atom. The van der Waals surface area contributed by atoms with Gasteiger partial charge in [-0.05, 0) is 24.6 Å². The minimum absolute atomic E-state index is 0.00917. The highest BCUT2D eigenvalue weighted by Crippen LogP contribution is 2.18. The highest BCUT2D eigenvalue weighted by atomic mass is 16.3. The van der Waals surface area contributed by atoms with Gasteiger partial charge in [0.2, 0.25) is 0 Å². The topological polar surface area (TPSA) is 85.2 Å². The largest absolute Gasteiger partial charge is 0.504 e. The van der Waals surface area contributed by atoms with Crippen LogP contribution in [0.15, 0.2) is 18.3 Å². The minimum atomic E-state index is 0.00917. The molecule has 0 aromatic carbocycles. The molecule has 0 bridgehead atoms. The number of hydrogen-bond donors (Lipinski definition) is 3. The fourth-order valence-electron chi connectivity index (χ4n) is 0.886. The predicted octanol–water partition coefficient (Wildman–Crippen LogP) is 0.731. The Morgan fingerprint density at radius 1 is 1.54 bits per heavy atom. The molecule has 0 unspecified atom stereocenters. The van der Waals surface area contributed by atoms with Gasteiger partial charge in [-0.15, -0.1) is 0 Å². The molecular formula is C9H13N3O. The molecule has 1 heterocycles. The van der Waals surface area contributed by atoms with Gasteiger partial charge in [0, 0.05) is 6.20 Å². The number of aromatic hydroxyl groups is 1. The normalized spacial score (nSPS) is 10.8. The molecule has 1 aromatic heterocycles. The Balaban J connectivity index is 2.73. The fourth-order valence-corrected chi connectivity index (χ4v) is 0.886. The van der Waals surface area contributed by atoms with Crippen molar-refractivity contribution in [2.24, 2.45) is 5.73 Å². The Bertz CT molecular complexity index is 310. The molecule has 0 saturated carbocycles. The summed E-state index contributed by atoms with van der Waals surface area (Å²) in [4.78, 5) is 3.80. The molecule has 0 fully saturated rings. The molecular weight excluding hydrogens is 166 g/mol. The lowest BCUT2D eigenvalue weighted by molar-refractivity contribution is 0.475. The molecule has 4 heteroatoms. The van der Waals surface area contributed by atoms with E-state index in [1.54, 1.807) is 12.3 Å². The number of nitrogens with zero attached hydrogens (tertiary/aromatic N) is 1. The van der Waals surface area contributed by atoms with Gasteiger partial charge in [-0.3, -0.25) is 0 Å². The lowest BCUT2D eigenvalue weighted by atomic mass is 10.2. The second kappa shape index (κ2) is 4.47. The van der Waals surface area contributed by atoms with Gasteiger partial charge < -0.3 is 16.6 Å². The smallest absolute Gasteiger partial charge is 0.165 e. The first-order valence-electron chi connectivity index (χ1n) is 4.05. The van der Waals surface area contributed by atoms with Crippen LogP contribution in [-0.2, 0) is 0 Å². The van der Waals surface area contributed by atoms with Crippen LogP contribution in [0.3, 0.4) is 0 Å². The molecule has 1 rings (SSSR count). The van der Waals surface area contributed by atoms with E-state index in [9.17, 15) is 5.11 Å². The predicted molar refractivity (Wildman–Crippen MR) is 53.0 cm³/mol. The molecule has 0 amide bonds. The quantitative estimate of drug-likeness (QED) is 0.638. The summed E-state index contributed by atoms with van der Waals surface area (Å²) in [6.45, 7) is 0.616. The van der Waals surface area contributed by atoms with E-state index in [1.807, 2.05) is 12.2 Å². The van der Waals surface area contributed by atoms with E-state index in [0.717, 1.165) is 12.0 Å². The van der Waals surface area contributed by atoms with Gasteiger partial charge in [-0.1, -0.05) is 12.2 Å². The molecule has 1 aromatic rings. The maximum absolute atomic E-state index is 9.21. The van der Waals surface area contributed by atoms with Gasteiger partial charge >= 0.3 is 0 Å². The monoisotopic (exact) mass is 179 g/mol. The summed E-state index contributed by atoms with van der Waals surface area (Å²) in [6.07, 6.45) is 6.18. The number of aromatic nitrogens is 1. The third-order valence-corrected chi connectivity index (χ3v) is 1.56. The second-order valence-electron chi connectivity index (χ2n) is 2.65. The zero-order valence-corrected chi connectivity index (χ0v) is 7.27. The number of nitrogen functional groups attached to an aromatic ring is 1. The Morgan fingerprint density at radius 2 is 2.31 bits per heavy atom. The van der Waals surface area contributed by atoms with Crippen molar-refractivity contribution < 1.29 is 5.11 Å². The molecule has 0 aliphatic rings. The van der Waals surface area contributed by atoms with E-state index in [-0.39, 0.29) is 11.6 Å². The van der Waals surface area contributed by atoms with Crippen LogP contribution in [0, 0.1) is 0 Å². The number of pyridine rings is 1. The molecule has 5 N–H and O–H groups in total. The summed E-state index contributed by atoms with van der Waals surface area (Å²) in [7, 11) is 0. The number of nitrogens with two attached hydrogens (primary N) is 2. The van der Waals surface area contributed by atoms with Crippen molar-refractivity contribution in [2.45, 2.75) is 6.42 Å². The molecule has 70 valence electrons. The third-order valence-electron chi connectivity index (χ3n) is 1.56. The Labute approximate surface area is 76.9 Å². The first kappa shape index (κ1) is 9.54. The molecule has 0 aliphatic heterocycles. The van der Waals surface area contributed by atoms with Crippen LogP contribution in [0.25, 0.3) is 6.08 Å². The summed E-state index contributed by atoms with van der Waals surface area (Å²) in [5, 5.41) is 9.21. The highest BCUT2D eigenvalue weighted by molar-refractivity contribution is 5.55. The second-order valence-corrected chi connectivity index (χ2v) is 2.65. The summed E-state index contributed by atoms with van der Waals surface area (Å²) in [5.41, 5.74) is 11.5. The zero-order valence-electron chi connectivity index (χ0n) is 7.27. The van der Waals surface area contributed by atoms with Crippen molar-refractivity contribution in [3.05, 3.63) is 23.9 Å². The molecule has 0 saturated heterocycles. The van der Waals surface area contributed by atoms with Gasteiger partial charge in [-0.2, -0.15) is 0 Å². The molecule has 0 atom stereocenters. The van der Waals surface area contributed by atoms with E-state index < -0.39 is 0 Å². The van der Waals surface area contributed by atoms with Crippen LogP contribution in [-0.4, -0.2) is 16.6 Å². The Kier molecular flexibility index (Phi) is 3.28. The van der Waals surface area contributed by atoms with E-state index in [2.05, 4.69) is 4.98 Å². The van der Waals surface area contributed by atoms with E-state index in [1.165, 1.54) is 0 Å². The summed E-state index contributed by atoms with van der Waals surface area (Å²) in [5.74, 6) is 0.158. The van der Waals surface area contributed by atoms with Crippen LogP contribution in [0.4, 0.5) is 5.82 Å². The van der Waals surface area contributed by atoms with E-state index in [0.29, 0.717) is 6.54 Å². The van der Waals surface area contributed by atoms with Gasteiger partial charge in [-0.25, -0.2) is 4.98 Å². The van der Waals surface area contributed by atoms with E-state index >= 15 is 0 Å². The number of anilines is 1. The highest BCUT2D eigenvalue weighted by Gasteiger charge is 1.96. The maximum Gasteiger partial charge on any atom is 0.165 e. The van der Waals surface area contributed by atoms with Crippen molar-refractivity contribution in [1.82, 2.24) is 4.98 Å². The fraction of sp³-hybridized carbons (Fsp3) is 0.222. The van der Waals surface area contributed by atoms with Crippen LogP contribution in [0.1, 0.15) is 12.0 Å². The summed E-state index contributed by atoms with van der Waals surface area (Å²) < 4.78 is 0. The number of hydrogen-bond acceptors (Lipinski definition) is 4. The van der Waals surface area contributed by atoms with E-state index in [4.69, 9.17) is 11.5 Å². The van der Waals surface area contributed by atoms with Crippen LogP contribution in [0.2, 0.25) is 0 Å². The van der Waals surface area contributed by atoms with Gasteiger partial charge in [0.15, 0.2) is 11.6 Å². The number of rotatable bonds is 3. The van der Waals surface area contributed by atoms with Crippen molar-refractivity contribution in [3.8, 4) is 5.75 Å². The first-order valence-corrected chi connectivity index (χ1v) is 4.05. The molecule has 0 radical (unpaired) electrons. The first-order chi connectivity index (χ1) is 6.24. The summed E-state index contributed by atoms with van der Waals surface area (Å²) >= 11 is 0. The zero-order chi connectivity index (χ0) is 9.68. The standard InChI is InChI=1S/C9H13N3O/c10-4-2-1-3-7-5-8(13)9(11)12-6-7/h1,3,5-6,13H,2,4,10H2,(H2,11,12). The molecule has 0 aliphatic carbocycles. The molecule has 4 nitrogen and oxygen atoms in total. The summed E-state index contributed by atoms with van der Waals surface area (Å²) in [6, 6.07) is 1.56. The van der Waals surface area contributed by atoms with Crippen molar-refractivity contribution in [3.63, 3.8) is 0 Å². The molecule has 13 heavy (non-hydrogen) atoms. The van der Waals surface area contributed by atoms with Gasteiger partial charge in [0.25, 0.3) is 0 Å². The lowest BCUT2D eigenvalue weighted by Crippen LogP contribution is -1.95. The lowest BCUT2D eigenvalue weighted by Gasteiger charge is -1.98. The van der Waals surface area contributed by atoms with Crippen LogP contribution >= 0.6 is 0 Å². The third kappa shape index (κ3) is 2.76.